The van der Waals surface area contributed by atoms with E-state index in [-0.39, 0.29) is 16.9 Å². The van der Waals surface area contributed by atoms with Crippen LogP contribution in [0.15, 0.2) is 118 Å². The maximum atomic E-state index is 9.93. The SMILES string of the molecule is C=CCOC(C)=O.c1ccc([S+](c2ccccc2)c2ccccc2)cc1. The van der Waals surface area contributed by atoms with Gasteiger partial charge in [0, 0.05) is 6.92 Å². The molecule has 0 saturated heterocycles. The Labute approximate surface area is 158 Å². The number of benzene rings is 3. The van der Waals surface area contributed by atoms with Gasteiger partial charge in [0.15, 0.2) is 14.7 Å². The van der Waals surface area contributed by atoms with Crippen LogP contribution in [-0.2, 0) is 20.4 Å². The number of rotatable bonds is 5. The topological polar surface area (TPSA) is 26.3 Å². The molecule has 2 nitrogen and oxygen atoms in total. The highest BCUT2D eigenvalue weighted by Gasteiger charge is 2.27. The van der Waals surface area contributed by atoms with E-state index in [1.165, 1.54) is 27.7 Å². The van der Waals surface area contributed by atoms with Crippen molar-refractivity contribution < 1.29 is 9.53 Å². The molecule has 0 aliphatic rings. The fourth-order valence-electron chi connectivity index (χ4n) is 2.25. The number of ether oxygens (including phenoxy) is 1. The number of hydrogen-bond acceptors (Lipinski definition) is 2. The summed E-state index contributed by atoms with van der Waals surface area (Å²) in [4.78, 5) is 14.0. The second kappa shape index (κ2) is 11.0. The highest BCUT2D eigenvalue weighted by molar-refractivity contribution is 7.97. The van der Waals surface area contributed by atoms with E-state index in [0.29, 0.717) is 6.61 Å². The molecule has 26 heavy (non-hydrogen) atoms. The Morgan fingerprint density at radius 2 is 1.15 bits per heavy atom. The van der Waals surface area contributed by atoms with Gasteiger partial charge in [0.1, 0.15) is 6.61 Å². The Bertz CT molecular complexity index is 692. The molecule has 0 aliphatic carbocycles. The molecule has 132 valence electrons. The molecule has 0 unspecified atom stereocenters. The van der Waals surface area contributed by atoms with Crippen LogP contribution in [-0.4, -0.2) is 12.6 Å². The molecule has 0 spiro atoms. The summed E-state index contributed by atoms with van der Waals surface area (Å²) in [7, 11) is -0.0146. The van der Waals surface area contributed by atoms with E-state index in [4.69, 9.17) is 0 Å². The predicted molar refractivity (Wildman–Crippen MR) is 108 cm³/mol. The van der Waals surface area contributed by atoms with Gasteiger partial charge in [-0.05, 0) is 36.4 Å². The summed E-state index contributed by atoms with van der Waals surface area (Å²) in [5, 5.41) is 0. The Hall–Kier alpha value is -2.78. The highest BCUT2D eigenvalue weighted by Crippen LogP contribution is 2.30. The third-order valence-electron chi connectivity index (χ3n) is 3.34. The van der Waals surface area contributed by atoms with Gasteiger partial charge >= 0.3 is 5.97 Å². The number of hydrogen-bond donors (Lipinski definition) is 0. The van der Waals surface area contributed by atoms with Gasteiger partial charge in [-0.2, -0.15) is 0 Å². The van der Waals surface area contributed by atoms with E-state index in [2.05, 4.69) is 102 Å². The van der Waals surface area contributed by atoms with Crippen molar-refractivity contribution in [2.24, 2.45) is 0 Å². The predicted octanol–water partition coefficient (Wildman–Crippen LogP) is 5.52. The minimum atomic E-state index is -0.264. The van der Waals surface area contributed by atoms with Crippen LogP contribution in [0.3, 0.4) is 0 Å². The number of carbonyl (C=O) groups is 1. The second-order valence-electron chi connectivity index (χ2n) is 5.34. The molecule has 0 saturated carbocycles. The standard InChI is InChI=1S/C18H15S.C5H8O2/c1-4-10-16(11-5-1)19(17-12-6-2-7-13-17)18-14-8-3-9-15-18;1-3-4-7-5(2)6/h1-15H;3H,1,4H2,2H3/q+1;. The van der Waals surface area contributed by atoms with Gasteiger partial charge in [0.05, 0.1) is 10.9 Å². The third kappa shape index (κ3) is 6.26. The molecule has 0 N–H and O–H groups in total. The second-order valence-corrected chi connectivity index (χ2v) is 7.36. The summed E-state index contributed by atoms with van der Waals surface area (Å²) < 4.78 is 4.43. The van der Waals surface area contributed by atoms with Crippen LogP contribution in [0.4, 0.5) is 0 Å². The van der Waals surface area contributed by atoms with E-state index >= 15 is 0 Å². The van der Waals surface area contributed by atoms with Crippen LogP contribution in [0.5, 0.6) is 0 Å². The van der Waals surface area contributed by atoms with Crippen LogP contribution in [0.25, 0.3) is 0 Å². The van der Waals surface area contributed by atoms with E-state index in [1.54, 1.807) is 0 Å². The molecule has 0 fully saturated rings. The van der Waals surface area contributed by atoms with Crippen LogP contribution in [0.2, 0.25) is 0 Å². The first kappa shape index (κ1) is 19.5. The smallest absolute Gasteiger partial charge is 0.302 e. The summed E-state index contributed by atoms with van der Waals surface area (Å²) in [6.07, 6.45) is 1.53. The monoisotopic (exact) mass is 363 g/mol. The zero-order chi connectivity index (χ0) is 18.6. The molecule has 0 bridgehead atoms. The van der Waals surface area contributed by atoms with Crippen molar-refractivity contribution in [2.75, 3.05) is 6.61 Å². The lowest BCUT2D eigenvalue weighted by Crippen LogP contribution is -2.04. The molecule has 3 heteroatoms. The van der Waals surface area contributed by atoms with Gasteiger partial charge in [-0.25, -0.2) is 0 Å². The molecule has 0 heterocycles. The maximum Gasteiger partial charge on any atom is 0.302 e. The maximum absolute atomic E-state index is 9.93. The minimum absolute atomic E-state index is 0.0146. The lowest BCUT2D eigenvalue weighted by atomic mass is 10.4. The Morgan fingerprint density at radius 3 is 1.38 bits per heavy atom. The Kier molecular flexibility index (Phi) is 8.24. The summed E-state index contributed by atoms with van der Waals surface area (Å²) in [6, 6.07) is 32.2. The zero-order valence-corrected chi connectivity index (χ0v) is 15.7. The lowest BCUT2D eigenvalue weighted by molar-refractivity contribution is -0.139. The van der Waals surface area contributed by atoms with E-state index in [9.17, 15) is 4.79 Å². The summed E-state index contributed by atoms with van der Waals surface area (Å²) in [5.41, 5.74) is 0. The molecule has 3 aromatic carbocycles. The molecule has 0 amide bonds. The Morgan fingerprint density at radius 1 is 0.808 bits per heavy atom. The zero-order valence-electron chi connectivity index (χ0n) is 14.9. The van der Waals surface area contributed by atoms with Crippen LogP contribution in [0, 0.1) is 0 Å². The molecular formula is C23H23O2S+. The third-order valence-corrected chi connectivity index (χ3v) is 5.57. The minimum Gasteiger partial charge on any atom is -0.462 e. The highest BCUT2D eigenvalue weighted by atomic mass is 32.2. The largest absolute Gasteiger partial charge is 0.462 e. The van der Waals surface area contributed by atoms with Crippen molar-refractivity contribution in [1.82, 2.24) is 0 Å². The van der Waals surface area contributed by atoms with Crippen molar-refractivity contribution in [3.8, 4) is 0 Å². The van der Waals surface area contributed by atoms with Crippen LogP contribution < -0.4 is 0 Å². The average molecular weight is 364 g/mol. The van der Waals surface area contributed by atoms with Crippen molar-refractivity contribution >= 4 is 16.9 Å². The average Bonchev–Trinajstić information content (AvgIpc) is 2.70. The number of carbonyl (C=O) groups excluding carboxylic acids is 1. The van der Waals surface area contributed by atoms with Gasteiger partial charge in [-0.1, -0.05) is 67.3 Å². The molecule has 0 aliphatic heterocycles. The first-order valence-electron chi connectivity index (χ1n) is 8.36. The van der Waals surface area contributed by atoms with Gasteiger partial charge in [-0.3, -0.25) is 4.79 Å². The Balaban J connectivity index is 0.000000298. The fourth-order valence-corrected chi connectivity index (χ4v) is 4.36. The van der Waals surface area contributed by atoms with Crippen LogP contribution in [0.1, 0.15) is 6.92 Å². The molecule has 3 rings (SSSR count). The first-order valence-corrected chi connectivity index (χ1v) is 9.58. The molecule has 3 aromatic rings. The normalized spacial score (nSPS) is 9.77. The molecule has 0 radical (unpaired) electrons. The first-order chi connectivity index (χ1) is 12.7. The van der Waals surface area contributed by atoms with E-state index < -0.39 is 0 Å². The quantitative estimate of drug-likeness (QED) is 0.339. The van der Waals surface area contributed by atoms with Gasteiger partial charge in [0.25, 0.3) is 0 Å². The molecule has 0 aromatic heterocycles. The number of esters is 1. The summed E-state index contributed by atoms with van der Waals surface area (Å²) in [6.45, 7) is 5.03. The van der Waals surface area contributed by atoms with Gasteiger partial charge in [0.2, 0.25) is 0 Å². The summed E-state index contributed by atoms with van der Waals surface area (Å²) >= 11 is 0. The lowest BCUT2D eigenvalue weighted by Gasteiger charge is -2.07. The van der Waals surface area contributed by atoms with Crippen LogP contribution >= 0.6 is 0 Å². The van der Waals surface area contributed by atoms with Crippen molar-refractivity contribution in [3.05, 3.63) is 104 Å². The van der Waals surface area contributed by atoms with E-state index in [1.807, 2.05) is 0 Å². The van der Waals surface area contributed by atoms with Crippen molar-refractivity contribution in [3.63, 3.8) is 0 Å². The van der Waals surface area contributed by atoms with Gasteiger partial charge in [-0.15, -0.1) is 0 Å². The van der Waals surface area contributed by atoms with Gasteiger partial charge < -0.3 is 4.74 Å². The van der Waals surface area contributed by atoms with Crippen molar-refractivity contribution in [2.45, 2.75) is 21.6 Å². The van der Waals surface area contributed by atoms with E-state index in [0.717, 1.165) is 0 Å². The molecule has 0 atom stereocenters. The summed E-state index contributed by atoms with van der Waals surface area (Å²) in [5.74, 6) is -0.264. The van der Waals surface area contributed by atoms with Crippen molar-refractivity contribution in [1.29, 1.82) is 0 Å². The molecular weight excluding hydrogens is 340 g/mol. The fraction of sp³-hybridized carbons (Fsp3) is 0.0870.